The molecule has 2 rings (SSSR count). The van der Waals surface area contributed by atoms with E-state index in [2.05, 4.69) is 27.1 Å². The van der Waals surface area contributed by atoms with E-state index >= 15 is 0 Å². The van der Waals surface area contributed by atoms with Crippen LogP contribution in [0.5, 0.6) is 0 Å². The fraction of sp³-hybridized carbons (Fsp3) is 0.667. The Bertz CT molecular complexity index is 316. The lowest BCUT2D eigenvalue weighted by molar-refractivity contribution is 0.269. The summed E-state index contributed by atoms with van der Waals surface area (Å²) < 4.78 is 0. The van der Waals surface area contributed by atoms with Crippen LogP contribution in [-0.2, 0) is 0 Å². The Morgan fingerprint density at radius 3 is 2.56 bits per heavy atom. The normalized spacial score (nSPS) is 18.6. The fourth-order valence-corrected chi connectivity index (χ4v) is 2.03. The largest absolute Gasteiger partial charge is 0.353 e. The third-order valence-corrected chi connectivity index (χ3v) is 3.10. The molecule has 16 heavy (non-hydrogen) atoms. The highest BCUT2D eigenvalue weighted by Gasteiger charge is 2.17. The molecular formula is C12H20N4. The molecule has 1 fully saturated rings. The molecule has 1 unspecified atom stereocenters. The quantitative estimate of drug-likeness (QED) is 0.838. The van der Waals surface area contributed by atoms with Crippen molar-refractivity contribution >= 4 is 5.95 Å². The standard InChI is InChI=1S/C12H20N4/c1-10-7-13-12(14-8-10)15-9-11(2)16-5-3-4-6-16/h7-8,11H,3-6,9H2,1-2H3,(H,13,14,15). The summed E-state index contributed by atoms with van der Waals surface area (Å²) in [5.74, 6) is 0.733. The van der Waals surface area contributed by atoms with Crippen molar-refractivity contribution in [2.24, 2.45) is 0 Å². The summed E-state index contributed by atoms with van der Waals surface area (Å²) in [6.45, 7) is 7.64. The lowest BCUT2D eigenvalue weighted by Gasteiger charge is -2.23. The van der Waals surface area contributed by atoms with Crippen molar-refractivity contribution in [3.63, 3.8) is 0 Å². The summed E-state index contributed by atoms with van der Waals surface area (Å²) in [5, 5.41) is 3.28. The van der Waals surface area contributed by atoms with E-state index < -0.39 is 0 Å². The van der Waals surface area contributed by atoms with E-state index in [9.17, 15) is 0 Å². The molecule has 4 nitrogen and oxygen atoms in total. The molecule has 1 atom stereocenters. The minimum Gasteiger partial charge on any atom is -0.353 e. The lowest BCUT2D eigenvalue weighted by atomic mass is 10.3. The maximum atomic E-state index is 4.24. The van der Waals surface area contributed by atoms with Crippen molar-refractivity contribution in [3.8, 4) is 0 Å². The summed E-state index contributed by atoms with van der Waals surface area (Å²) >= 11 is 0. The third-order valence-electron chi connectivity index (χ3n) is 3.10. The number of anilines is 1. The van der Waals surface area contributed by atoms with Crippen LogP contribution in [0.1, 0.15) is 25.3 Å². The van der Waals surface area contributed by atoms with Gasteiger partial charge in [0, 0.05) is 25.0 Å². The molecular weight excluding hydrogens is 200 g/mol. The van der Waals surface area contributed by atoms with Crippen LogP contribution in [0.3, 0.4) is 0 Å². The number of aromatic nitrogens is 2. The average molecular weight is 220 g/mol. The molecule has 0 aromatic carbocycles. The molecule has 0 saturated carbocycles. The van der Waals surface area contributed by atoms with Crippen molar-refractivity contribution in [1.29, 1.82) is 0 Å². The molecule has 1 saturated heterocycles. The third kappa shape index (κ3) is 2.92. The van der Waals surface area contributed by atoms with E-state index in [0.717, 1.165) is 18.1 Å². The predicted octanol–water partition coefficient (Wildman–Crippen LogP) is 1.68. The van der Waals surface area contributed by atoms with Gasteiger partial charge >= 0.3 is 0 Å². The van der Waals surface area contributed by atoms with Crippen molar-refractivity contribution in [3.05, 3.63) is 18.0 Å². The van der Waals surface area contributed by atoms with Crippen molar-refractivity contribution in [2.45, 2.75) is 32.7 Å². The minimum absolute atomic E-state index is 0.562. The van der Waals surface area contributed by atoms with Gasteiger partial charge in [0.2, 0.25) is 5.95 Å². The van der Waals surface area contributed by atoms with Crippen LogP contribution < -0.4 is 5.32 Å². The zero-order valence-corrected chi connectivity index (χ0v) is 10.1. The summed E-state index contributed by atoms with van der Waals surface area (Å²) in [4.78, 5) is 11.0. The van der Waals surface area contributed by atoms with E-state index in [1.165, 1.54) is 25.9 Å². The highest BCUT2D eigenvalue weighted by atomic mass is 15.2. The molecule has 1 aliphatic heterocycles. The number of hydrogen-bond donors (Lipinski definition) is 1. The second kappa shape index (κ2) is 5.25. The van der Waals surface area contributed by atoms with Gasteiger partial charge in [-0.25, -0.2) is 9.97 Å². The van der Waals surface area contributed by atoms with Crippen LogP contribution in [0, 0.1) is 6.92 Å². The maximum Gasteiger partial charge on any atom is 0.222 e. The van der Waals surface area contributed by atoms with Crippen LogP contribution >= 0.6 is 0 Å². The first-order valence-corrected chi connectivity index (χ1v) is 6.02. The SMILES string of the molecule is Cc1cnc(NCC(C)N2CCCC2)nc1. The molecule has 1 aromatic heterocycles. The summed E-state index contributed by atoms with van der Waals surface area (Å²) in [5.41, 5.74) is 1.10. The van der Waals surface area contributed by atoms with Gasteiger partial charge in [0.25, 0.3) is 0 Å². The zero-order valence-electron chi connectivity index (χ0n) is 10.1. The topological polar surface area (TPSA) is 41.1 Å². The van der Waals surface area contributed by atoms with Gasteiger partial charge in [0.1, 0.15) is 0 Å². The Kier molecular flexibility index (Phi) is 3.72. The first-order valence-electron chi connectivity index (χ1n) is 6.02. The number of nitrogens with zero attached hydrogens (tertiary/aromatic N) is 3. The van der Waals surface area contributed by atoms with E-state index in [-0.39, 0.29) is 0 Å². The van der Waals surface area contributed by atoms with Crippen LogP contribution in [0.2, 0.25) is 0 Å². The minimum atomic E-state index is 0.562. The van der Waals surface area contributed by atoms with Gasteiger partial charge in [-0.3, -0.25) is 4.90 Å². The van der Waals surface area contributed by atoms with E-state index in [1.54, 1.807) is 0 Å². The number of likely N-dealkylation sites (tertiary alicyclic amines) is 1. The zero-order chi connectivity index (χ0) is 11.4. The van der Waals surface area contributed by atoms with Gasteiger partial charge in [0.15, 0.2) is 0 Å². The molecule has 0 bridgehead atoms. The molecule has 88 valence electrons. The Morgan fingerprint density at radius 2 is 1.94 bits per heavy atom. The number of hydrogen-bond acceptors (Lipinski definition) is 4. The molecule has 4 heteroatoms. The Hall–Kier alpha value is -1.16. The predicted molar refractivity (Wildman–Crippen MR) is 65.5 cm³/mol. The average Bonchev–Trinajstić information content (AvgIpc) is 2.81. The van der Waals surface area contributed by atoms with Crippen LogP contribution in [0.25, 0.3) is 0 Å². The molecule has 1 aliphatic rings. The van der Waals surface area contributed by atoms with Crippen LogP contribution in [-0.4, -0.2) is 40.5 Å². The van der Waals surface area contributed by atoms with Crippen LogP contribution in [0.15, 0.2) is 12.4 Å². The lowest BCUT2D eigenvalue weighted by Crippen LogP contribution is -2.35. The summed E-state index contributed by atoms with van der Waals surface area (Å²) in [6.07, 6.45) is 6.36. The van der Waals surface area contributed by atoms with Gasteiger partial charge < -0.3 is 5.32 Å². The first kappa shape index (κ1) is 11.3. The van der Waals surface area contributed by atoms with Gasteiger partial charge in [-0.2, -0.15) is 0 Å². The van der Waals surface area contributed by atoms with Crippen LogP contribution in [0.4, 0.5) is 5.95 Å². The molecule has 0 spiro atoms. The van der Waals surface area contributed by atoms with E-state index in [4.69, 9.17) is 0 Å². The monoisotopic (exact) mass is 220 g/mol. The number of nitrogens with one attached hydrogen (secondary N) is 1. The second-order valence-corrected chi connectivity index (χ2v) is 4.56. The number of aryl methyl sites for hydroxylation is 1. The maximum absolute atomic E-state index is 4.24. The van der Waals surface area contributed by atoms with Crippen molar-refractivity contribution in [1.82, 2.24) is 14.9 Å². The van der Waals surface area contributed by atoms with Gasteiger partial charge in [-0.15, -0.1) is 0 Å². The van der Waals surface area contributed by atoms with Gasteiger partial charge in [-0.05, 0) is 45.3 Å². The molecule has 1 N–H and O–H groups in total. The van der Waals surface area contributed by atoms with E-state index in [0.29, 0.717) is 6.04 Å². The van der Waals surface area contributed by atoms with Gasteiger partial charge in [-0.1, -0.05) is 0 Å². The summed E-state index contributed by atoms with van der Waals surface area (Å²) in [7, 11) is 0. The highest BCUT2D eigenvalue weighted by Crippen LogP contribution is 2.11. The first-order chi connectivity index (χ1) is 7.75. The summed E-state index contributed by atoms with van der Waals surface area (Å²) in [6, 6.07) is 0.562. The molecule has 2 heterocycles. The van der Waals surface area contributed by atoms with Gasteiger partial charge in [0.05, 0.1) is 0 Å². The molecule has 0 aliphatic carbocycles. The Morgan fingerprint density at radius 1 is 1.31 bits per heavy atom. The smallest absolute Gasteiger partial charge is 0.222 e. The Labute approximate surface area is 97.1 Å². The number of rotatable bonds is 4. The highest BCUT2D eigenvalue weighted by molar-refractivity contribution is 5.24. The molecule has 0 amide bonds. The molecule has 0 radical (unpaired) electrons. The van der Waals surface area contributed by atoms with Crippen molar-refractivity contribution in [2.75, 3.05) is 25.0 Å². The fourth-order valence-electron chi connectivity index (χ4n) is 2.03. The Balaban J connectivity index is 1.80. The van der Waals surface area contributed by atoms with Crippen molar-refractivity contribution < 1.29 is 0 Å². The second-order valence-electron chi connectivity index (χ2n) is 4.56. The van der Waals surface area contributed by atoms with E-state index in [1.807, 2.05) is 19.3 Å². The molecule has 1 aromatic rings.